The molecule has 0 radical (unpaired) electrons. The molecule has 0 bridgehead atoms. The molecule has 1 saturated carbocycles. The SMILES string of the molecule is O=C(O)CCC[C@H]1CC[C@@H]2[C@@H](C=CC(F)(F)COc3cccc(C(F)(F)F)c3)[C@H](O)C[C@@H]2OC1. The molecule has 1 aromatic rings. The van der Waals surface area contributed by atoms with Crippen LogP contribution in [0.3, 0.4) is 0 Å². The van der Waals surface area contributed by atoms with Crippen molar-refractivity contribution in [1.29, 1.82) is 0 Å². The van der Waals surface area contributed by atoms with Crippen molar-refractivity contribution in [2.75, 3.05) is 13.2 Å². The van der Waals surface area contributed by atoms with Gasteiger partial charge in [0.2, 0.25) is 0 Å². The van der Waals surface area contributed by atoms with Gasteiger partial charge in [0.25, 0.3) is 5.92 Å². The Morgan fingerprint density at radius 3 is 2.68 bits per heavy atom. The lowest BCUT2D eigenvalue weighted by molar-refractivity contribution is -0.138. The Labute approximate surface area is 194 Å². The van der Waals surface area contributed by atoms with Gasteiger partial charge in [-0.05, 0) is 61.8 Å². The highest BCUT2D eigenvalue weighted by atomic mass is 19.4. The van der Waals surface area contributed by atoms with E-state index in [0.29, 0.717) is 44.4 Å². The van der Waals surface area contributed by atoms with Crippen LogP contribution in [0.2, 0.25) is 0 Å². The zero-order chi connectivity index (χ0) is 24.9. The average Bonchev–Trinajstić information content (AvgIpc) is 2.92. The number of carboxylic acids is 1. The highest BCUT2D eigenvalue weighted by Crippen LogP contribution is 2.42. The van der Waals surface area contributed by atoms with Crippen LogP contribution in [0.5, 0.6) is 5.75 Å². The van der Waals surface area contributed by atoms with Gasteiger partial charge in [0.15, 0.2) is 6.61 Å². The molecular formula is C24H29F5O5. The predicted molar refractivity (Wildman–Crippen MR) is 113 cm³/mol. The van der Waals surface area contributed by atoms with E-state index in [1.165, 1.54) is 12.1 Å². The second-order valence-corrected chi connectivity index (χ2v) is 9.08. The fourth-order valence-electron chi connectivity index (χ4n) is 4.73. The van der Waals surface area contributed by atoms with Crippen LogP contribution in [-0.2, 0) is 15.7 Å². The van der Waals surface area contributed by atoms with Crippen LogP contribution in [-0.4, -0.2) is 47.5 Å². The molecule has 2 aliphatic rings. The Morgan fingerprint density at radius 1 is 1.21 bits per heavy atom. The Balaban J connectivity index is 1.56. The van der Waals surface area contributed by atoms with Crippen LogP contribution in [0.1, 0.15) is 44.1 Å². The third-order valence-electron chi connectivity index (χ3n) is 6.50. The van der Waals surface area contributed by atoms with Gasteiger partial charge in [0.05, 0.1) is 17.8 Å². The Bertz CT molecular complexity index is 856. The highest BCUT2D eigenvalue weighted by molar-refractivity contribution is 5.66. The number of ether oxygens (including phenoxy) is 2. The molecule has 1 aliphatic heterocycles. The maximum absolute atomic E-state index is 14.4. The third-order valence-corrected chi connectivity index (χ3v) is 6.50. The number of hydrogen-bond donors (Lipinski definition) is 2. The number of benzene rings is 1. The average molecular weight is 492 g/mol. The number of fused-ring (bicyclic) bond motifs is 1. The maximum atomic E-state index is 14.4. The third kappa shape index (κ3) is 7.40. The predicted octanol–water partition coefficient (Wildman–Crippen LogP) is 5.32. The molecular weight excluding hydrogens is 463 g/mol. The summed E-state index contributed by atoms with van der Waals surface area (Å²) in [5.74, 6) is -5.10. The van der Waals surface area contributed by atoms with E-state index in [-0.39, 0.29) is 30.1 Å². The maximum Gasteiger partial charge on any atom is 0.416 e. The van der Waals surface area contributed by atoms with E-state index in [2.05, 4.69) is 0 Å². The van der Waals surface area contributed by atoms with E-state index in [0.717, 1.165) is 18.6 Å². The number of halogens is 5. The van der Waals surface area contributed by atoms with Crippen molar-refractivity contribution >= 4 is 5.97 Å². The van der Waals surface area contributed by atoms with Gasteiger partial charge >= 0.3 is 12.1 Å². The van der Waals surface area contributed by atoms with Crippen molar-refractivity contribution in [1.82, 2.24) is 0 Å². The number of alkyl halides is 5. The summed E-state index contributed by atoms with van der Waals surface area (Å²) in [5.41, 5.74) is -0.987. The Hall–Kier alpha value is -2.20. The number of aliphatic carboxylic acids is 1. The van der Waals surface area contributed by atoms with Crippen LogP contribution in [0, 0.1) is 17.8 Å². The first kappa shape index (κ1) is 26.4. The second-order valence-electron chi connectivity index (χ2n) is 9.08. The first-order valence-corrected chi connectivity index (χ1v) is 11.3. The zero-order valence-electron chi connectivity index (χ0n) is 18.5. The van der Waals surface area contributed by atoms with Crippen LogP contribution < -0.4 is 4.74 Å². The van der Waals surface area contributed by atoms with E-state index < -0.39 is 42.3 Å². The normalized spacial score (nSPS) is 28.0. The van der Waals surface area contributed by atoms with E-state index in [9.17, 15) is 31.9 Å². The van der Waals surface area contributed by atoms with Crippen molar-refractivity contribution in [2.45, 2.75) is 62.8 Å². The fourth-order valence-corrected chi connectivity index (χ4v) is 4.73. The van der Waals surface area contributed by atoms with Gasteiger partial charge in [-0.3, -0.25) is 4.79 Å². The molecule has 5 nitrogen and oxygen atoms in total. The number of carboxylic acid groups (broad SMARTS) is 1. The van der Waals surface area contributed by atoms with E-state index >= 15 is 0 Å². The number of aliphatic hydroxyl groups is 1. The number of hydrogen-bond acceptors (Lipinski definition) is 4. The summed E-state index contributed by atoms with van der Waals surface area (Å²) in [6.07, 6.45) is -0.702. The minimum Gasteiger partial charge on any atom is -0.487 e. The molecule has 1 heterocycles. The van der Waals surface area contributed by atoms with Gasteiger partial charge in [-0.2, -0.15) is 22.0 Å². The second kappa shape index (κ2) is 11.0. The minimum absolute atomic E-state index is 0.0884. The first-order chi connectivity index (χ1) is 15.9. The quantitative estimate of drug-likeness (QED) is 0.360. The van der Waals surface area contributed by atoms with E-state index in [1.807, 2.05) is 0 Å². The van der Waals surface area contributed by atoms with Gasteiger partial charge in [-0.1, -0.05) is 12.1 Å². The molecule has 5 atom stereocenters. The number of carbonyl (C=O) groups is 1. The molecule has 0 spiro atoms. The summed E-state index contributed by atoms with van der Waals surface area (Å²) in [7, 11) is 0. The monoisotopic (exact) mass is 492 g/mol. The lowest BCUT2D eigenvalue weighted by Gasteiger charge is -2.21. The van der Waals surface area contributed by atoms with Crippen molar-refractivity contribution in [2.24, 2.45) is 17.8 Å². The largest absolute Gasteiger partial charge is 0.487 e. The summed E-state index contributed by atoms with van der Waals surface area (Å²) in [5, 5.41) is 19.2. The summed E-state index contributed by atoms with van der Waals surface area (Å²) in [6.45, 7) is -0.686. The Morgan fingerprint density at radius 2 is 1.97 bits per heavy atom. The molecule has 190 valence electrons. The van der Waals surface area contributed by atoms with Crippen molar-refractivity contribution in [3.8, 4) is 5.75 Å². The minimum atomic E-state index is -4.60. The molecule has 0 unspecified atom stereocenters. The van der Waals surface area contributed by atoms with Crippen LogP contribution in [0.25, 0.3) is 0 Å². The Kier molecular flexibility index (Phi) is 8.57. The number of aliphatic hydroxyl groups excluding tert-OH is 1. The molecule has 1 aromatic carbocycles. The molecule has 3 rings (SSSR count). The summed E-state index contributed by atoms with van der Waals surface area (Å²) in [4.78, 5) is 10.7. The highest BCUT2D eigenvalue weighted by Gasteiger charge is 2.44. The van der Waals surface area contributed by atoms with Crippen LogP contribution in [0.15, 0.2) is 36.4 Å². The topological polar surface area (TPSA) is 76.0 Å². The van der Waals surface area contributed by atoms with Crippen molar-refractivity contribution < 1.29 is 46.4 Å². The molecule has 2 N–H and O–H groups in total. The molecule has 0 amide bonds. The van der Waals surface area contributed by atoms with Crippen LogP contribution in [0.4, 0.5) is 22.0 Å². The summed E-state index contributed by atoms with van der Waals surface area (Å²) in [6, 6.07) is 3.76. The molecule has 0 aromatic heterocycles. The molecule has 2 fully saturated rings. The van der Waals surface area contributed by atoms with Gasteiger partial charge < -0.3 is 19.7 Å². The fraction of sp³-hybridized carbons (Fsp3) is 0.625. The van der Waals surface area contributed by atoms with Crippen molar-refractivity contribution in [3.05, 3.63) is 42.0 Å². The van der Waals surface area contributed by atoms with E-state index in [1.54, 1.807) is 0 Å². The molecule has 1 aliphatic carbocycles. The molecule has 34 heavy (non-hydrogen) atoms. The van der Waals surface area contributed by atoms with Crippen LogP contribution >= 0.6 is 0 Å². The van der Waals surface area contributed by atoms with Gasteiger partial charge in [0, 0.05) is 25.4 Å². The van der Waals surface area contributed by atoms with E-state index in [4.69, 9.17) is 14.6 Å². The van der Waals surface area contributed by atoms with Gasteiger partial charge in [0.1, 0.15) is 5.75 Å². The summed E-state index contributed by atoms with van der Waals surface area (Å²) >= 11 is 0. The standard InChI is InChI=1S/C24H29F5O5/c25-23(26,14-34-17-5-2-4-16(11-17)24(27,28)29)10-9-18-19-8-7-15(3-1-6-22(31)32)13-33-21(19)12-20(18)30/h2,4-5,9-11,15,18-21,30H,1,3,6-8,12-14H2,(H,31,32)/t15-,18+,19+,20+,21-/m0/s1. The first-order valence-electron chi connectivity index (χ1n) is 11.3. The van der Waals surface area contributed by atoms with Crippen molar-refractivity contribution in [3.63, 3.8) is 0 Å². The van der Waals surface area contributed by atoms with Gasteiger partial charge in [-0.25, -0.2) is 0 Å². The summed E-state index contributed by atoms with van der Waals surface area (Å²) < 4.78 is 78.0. The van der Waals surface area contributed by atoms with Gasteiger partial charge in [-0.15, -0.1) is 0 Å². The number of rotatable bonds is 9. The zero-order valence-corrected chi connectivity index (χ0v) is 18.5. The molecule has 1 saturated heterocycles. The lowest BCUT2D eigenvalue weighted by atomic mass is 9.86. The molecule has 10 heteroatoms. The smallest absolute Gasteiger partial charge is 0.416 e. The lowest BCUT2D eigenvalue weighted by Crippen LogP contribution is -2.25.